The van der Waals surface area contributed by atoms with Gasteiger partial charge in [-0.2, -0.15) is 11.8 Å². The zero-order chi connectivity index (χ0) is 9.83. The molecule has 0 saturated heterocycles. The lowest BCUT2D eigenvalue weighted by atomic mass is 9.67. The Balaban J connectivity index is 3.88. The first-order valence-corrected chi connectivity index (χ1v) is 4.84. The average molecular weight is 192 g/mol. The van der Waals surface area contributed by atoms with Gasteiger partial charge in [-0.3, -0.25) is 0 Å². The molecule has 0 aromatic carbocycles. The number of rotatable bonds is 5. The fourth-order valence-corrected chi connectivity index (χ4v) is 1.07. The molecule has 0 N–H and O–H groups in total. The molecule has 0 amide bonds. The van der Waals surface area contributed by atoms with E-state index in [2.05, 4.69) is 15.7 Å². The van der Waals surface area contributed by atoms with Crippen molar-refractivity contribution in [3.8, 4) is 0 Å². The van der Waals surface area contributed by atoms with Gasteiger partial charge in [0.05, 0.1) is 0 Å². The Morgan fingerprint density at radius 2 is 1.75 bits per heavy atom. The SMILES string of the molecule is [B]C(F)(F)C([B])(F)CCCSC. The summed E-state index contributed by atoms with van der Waals surface area (Å²) >= 11 is 1.45. The van der Waals surface area contributed by atoms with Gasteiger partial charge in [0, 0.05) is 0 Å². The van der Waals surface area contributed by atoms with Crippen LogP contribution >= 0.6 is 11.8 Å². The molecule has 0 aliphatic rings. The minimum absolute atomic E-state index is 0.293. The summed E-state index contributed by atoms with van der Waals surface area (Å²) in [6.45, 7) is 0. The third-order valence-electron chi connectivity index (χ3n) is 1.44. The third-order valence-corrected chi connectivity index (χ3v) is 2.14. The van der Waals surface area contributed by atoms with Crippen molar-refractivity contribution < 1.29 is 13.2 Å². The summed E-state index contributed by atoms with van der Waals surface area (Å²) in [5.74, 6) is -3.36. The fraction of sp³-hybridized carbons (Fsp3) is 1.00. The predicted molar refractivity (Wildman–Crippen MR) is 47.9 cm³/mol. The number of alkyl halides is 3. The molecule has 12 heavy (non-hydrogen) atoms. The molecule has 4 radical (unpaired) electrons. The van der Waals surface area contributed by atoms with Crippen LogP contribution in [0.15, 0.2) is 0 Å². The van der Waals surface area contributed by atoms with Crippen LogP contribution in [0.4, 0.5) is 13.2 Å². The van der Waals surface area contributed by atoms with Crippen molar-refractivity contribution >= 4 is 27.5 Å². The molecule has 0 aromatic rings. The van der Waals surface area contributed by atoms with Crippen molar-refractivity contribution in [1.29, 1.82) is 0 Å². The van der Waals surface area contributed by atoms with E-state index in [1.807, 2.05) is 0 Å². The van der Waals surface area contributed by atoms with Crippen molar-refractivity contribution in [2.45, 2.75) is 24.2 Å². The zero-order valence-electron chi connectivity index (χ0n) is 6.82. The summed E-state index contributed by atoms with van der Waals surface area (Å²) in [5.41, 5.74) is -3.08. The summed E-state index contributed by atoms with van der Waals surface area (Å²) in [5, 5.41) is 0. The van der Waals surface area contributed by atoms with Gasteiger partial charge in [-0.1, -0.05) is 0 Å². The van der Waals surface area contributed by atoms with E-state index >= 15 is 0 Å². The summed E-state index contributed by atoms with van der Waals surface area (Å²) in [7, 11) is 8.94. The van der Waals surface area contributed by atoms with E-state index in [9.17, 15) is 13.2 Å². The highest BCUT2D eigenvalue weighted by Crippen LogP contribution is 2.30. The summed E-state index contributed by atoms with van der Waals surface area (Å²) < 4.78 is 37.2. The Bertz CT molecular complexity index is 135. The first-order valence-electron chi connectivity index (χ1n) is 3.44. The molecule has 0 bridgehead atoms. The van der Waals surface area contributed by atoms with Crippen LogP contribution in [0.5, 0.6) is 0 Å². The molecular weight excluding hydrogens is 183 g/mol. The first-order chi connectivity index (χ1) is 5.31. The van der Waals surface area contributed by atoms with E-state index in [4.69, 9.17) is 0 Å². The number of hydrogen-bond acceptors (Lipinski definition) is 1. The van der Waals surface area contributed by atoms with E-state index in [0.717, 1.165) is 0 Å². The maximum absolute atomic E-state index is 12.8. The molecule has 0 aliphatic carbocycles. The summed E-state index contributed by atoms with van der Waals surface area (Å²) in [6, 6.07) is 0. The van der Waals surface area contributed by atoms with Crippen LogP contribution in [0.1, 0.15) is 12.8 Å². The standard InChI is InChI=1S/C6H9B2F3S/c1-12-4-2-3-5(7,9)6(8,10)11/h2-4H2,1H3. The quantitative estimate of drug-likeness (QED) is 0.471. The van der Waals surface area contributed by atoms with Gasteiger partial charge in [-0.15, -0.1) is 0 Å². The third kappa shape index (κ3) is 3.78. The van der Waals surface area contributed by atoms with Crippen LogP contribution in [0.3, 0.4) is 0 Å². The molecule has 0 aromatic heterocycles. The molecule has 0 aliphatic heterocycles. The van der Waals surface area contributed by atoms with E-state index in [1.54, 1.807) is 6.26 Å². The minimum Gasteiger partial charge on any atom is -0.250 e. The largest absolute Gasteiger partial charge is 0.250 e. The Hall–Kier alpha value is 0.270. The van der Waals surface area contributed by atoms with Crippen LogP contribution in [-0.2, 0) is 0 Å². The lowest BCUT2D eigenvalue weighted by molar-refractivity contribution is -0.0252. The van der Waals surface area contributed by atoms with Crippen LogP contribution < -0.4 is 0 Å². The van der Waals surface area contributed by atoms with Crippen LogP contribution in [0.2, 0.25) is 0 Å². The van der Waals surface area contributed by atoms with Gasteiger partial charge < -0.3 is 0 Å². The zero-order valence-corrected chi connectivity index (χ0v) is 7.63. The highest BCUT2D eigenvalue weighted by molar-refractivity contribution is 7.98. The second kappa shape index (κ2) is 4.49. The Morgan fingerprint density at radius 3 is 2.08 bits per heavy atom. The second-order valence-electron chi connectivity index (χ2n) is 2.58. The first kappa shape index (κ1) is 12.3. The van der Waals surface area contributed by atoms with Gasteiger partial charge in [0.2, 0.25) is 5.82 Å². The van der Waals surface area contributed by atoms with Crippen molar-refractivity contribution in [3.05, 3.63) is 0 Å². The second-order valence-corrected chi connectivity index (χ2v) is 3.57. The van der Waals surface area contributed by atoms with E-state index < -0.39 is 17.8 Å². The van der Waals surface area contributed by atoms with E-state index in [0.29, 0.717) is 12.2 Å². The molecule has 0 saturated carbocycles. The molecule has 6 heteroatoms. The van der Waals surface area contributed by atoms with Crippen molar-refractivity contribution in [2.75, 3.05) is 12.0 Å². The molecule has 0 rings (SSSR count). The van der Waals surface area contributed by atoms with Gasteiger partial charge >= 0.3 is 0 Å². The van der Waals surface area contributed by atoms with Crippen molar-refractivity contribution in [3.63, 3.8) is 0 Å². The molecule has 0 spiro atoms. The van der Waals surface area contributed by atoms with Gasteiger partial charge in [0.1, 0.15) is 13.4 Å². The molecule has 0 fully saturated rings. The highest BCUT2D eigenvalue weighted by atomic mass is 32.2. The Kier molecular flexibility index (Phi) is 4.59. The molecule has 66 valence electrons. The molecule has 0 heterocycles. The summed E-state index contributed by atoms with van der Waals surface area (Å²) in [4.78, 5) is 0. The Morgan fingerprint density at radius 1 is 1.25 bits per heavy atom. The minimum atomic E-state index is -3.95. The maximum atomic E-state index is 12.8. The lowest BCUT2D eigenvalue weighted by Crippen LogP contribution is -2.45. The van der Waals surface area contributed by atoms with Crippen LogP contribution in [0, 0.1) is 0 Å². The van der Waals surface area contributed by atoms with Crippen molar-refractivity contribution in [2.24, 2.45) is 0 Å². The topological polar surface area (TPSA) is 0 Å². The van der Waals surface area contributed by atoms with Gasteiger partial charge in [-0.25, -0.2) is 13.2 Å². The Labute approximate surface area is 77.5 Å². The normalized spacial score (nSPS) is 17.3. The molecular formula is C6H9B2F3S. The van der Waals surface area contributed by atoms with Gasteiger partial charge in [0.15, 0.2) is 7.85 Å². The number of thioether (sulfide) groups is 1. The van der Waals surface area contributed by atoms with Crippen LogP contribution in [-0.4, -0.2) is 39.1 Å². The highest BCUT2D eigenvalue weighted by Gasteiger charge is 2.44. The molecule has 0 nitrogen and oxygen atoms in total. The van der Waals surface area contributed by atoms with E-state index in [-0.39, 0.29) is 0 Å². The van der Waals surface area contributed by atoms with E-state index in [1.165, 1.54) is 11.8 Å². The maximum Gasteiger partial charge on any atom is 0.224 e. The van der Waals surface area contributed by atoms with Crippen molar-refractivity contribution in [1.82, 2.24) is 0 Å². The smallest absolute Gasteiger partial charge is 0.224 e. The fourth-order valence-electron chi connectivity index (χ4n) is 0.640. The molecule has 1 unspecified atom stereocenters. The summed E-state index contributed by atoms with van der Waals surface area (Å²) in [6.07, 6.45) is 1.68. The number of hydrogen-bond donors (Lipinski definition) is 0. The monoisotopic (exact) mass is 192 g/mol. The predicted octanol–water partition coefficient (Wildman–Crippen LogP) is 1.73. The lowest BCUT2D eigenvalue weighted by Gasteiger charge is -2.28. The average Bonchev–Trinajstić information content (AvgIpc) is 1.85. The van der Waals surface area contributed by atoms with Gasteiger partial charge in [0.25, 0.3) is 0 Å². The van der Waals surface area contributed by atoms with Crippen LogP contribution in [0.25, 0.3) is 0 Å². The number of halogens is 3. The van der Waals surface area contributed by atoms with Gasteiger partial charge in [-0.05, 0) is 24.9 Å². The molecule has 1 atom stereocenters.